The summed E-state index contributed by atoms with van der Waals surface area (Å²) in [6.07, 6.45) is 1.12. The minimum Gasteiger partial charge on any atom is -0.377 e. The molecule has 0 aromatic heterocycles. The van der Waals surface area contributed by atoms with Gasteiger partial charge in [0.25, 0.3) is 0 Å². The summed E-state index contributed by atoms with van der Waals surface area (Å²) >= 11 is 0. The van der Waals surface area contributed by atoms with Gasteiger partial charge in [0, 0.05) is 24.6 Å². The minimum absolute atomic E-state index is 0.167. The molecule has 3 atom stereocenters. The summed E-state index contributed by atoms with van der Waals surface area (Å²) in [5.41, 5.74) is -0.167. The summed E-state index contributed by atoms with van der Waals surface area (Å²) in [6.45, 7) is 13.9. The molecule has 3 nitrogen and oxygen atoms in total. The zero-order chi connectivity index (χ0) is 12.6. The Labute approximate surface area is 105 Å². The smallest absolute Gasteiger partial charge is 0.148 e. The second-order valence-electron chi connectivity index (χ2n) is 6.20. The van der Waals surface area contributed by atoms with E-state index in [0.29, 0.717) is 23.9 Å². The monoisotopic (exact) mass is 241 g/mol. The van der Waals surface area contributed by atoms with Gasteiger partial charge in [-0.1, -0.05) is 13.8 Å². The molecule has 0 saturated carbocycles. The fourth-order valence-electron chi connectivity index (χ4n) is 3.77. The zero-order valence-corrected chi connectivity index (χ0v) is 11.9. The van der Waals surface area contributed by atoms with E-state index < -0.39 is 0 Å². The van der Waals surface area contributed by atoms with Gasteiger partial charge in [-0.05, 0) is 33.1 Å². The third kappa shape index (κ3) is 2.13. The Morgan fingerprint density at radius 1 is 1.24 bits per heavy atom. The molecule has 0 amide bonds. The van der Waals surface area contributed by atoms with E-state index in [2.05, 4.69) is 39.5 Å². The zero-order valence-electron chi connectivity index (χ0n) is 11.9. The quantitative estimate of drug-likeness (QED) is 0.741. The molecule has 0 radical (unpaired) electrons. The van der Waals surface area contributed by atoms with Crippen LogP contribution in [0.5, 0.6) is 0 Å². The van der Waals surface area contributed by atoms with Gasteiger partial charge < -0.3 is 9.47 Å². The molecule has 100 valence electrons. The van der Waals surface area contributed by atoms with E-state index in [4.69, 9.17) is 9.47 Å². The van der Waals surface area contributed by atoms with Crippen LogP contribution in [0.4, 0.5) is 0 Å². The first-order chi connectivity index (χ1) is 7.99. The van der Waals surface area contributed by atoms with Crippen LogP contribution >= 0.6 is 0 Å². The molecule has 0 N–H and O–H groups in total. The van der Waals surface area contributed by atoms with Gasteiger partial charge in [0.15, 0.2) is 0 Å². The average Bonchev–Trinajstić information content (AvgIpc) is 2.56. The van der Waals surface area contributed by atoms with Crippen LogP contribution in [0.15, 0.2) is 0 Å². The van der Waals surface area contributed by atoms with Crippen LogP contribution in [0, 0.1) is 11.8 Å². The van der Waals surface area contributed by atoms with E-state index in [0.717, 1.165) is 26.2 Å². The molecule has 2 fully saturated rings. The Morgan fingerprint density at radius 3 is 2.53 bits per heavy atom. The Hall–Kier alpha value is -0.120. The molecule has 2 aliphatic rings. The van der Waals surface area contributed by atoms with E-state index in [1.807, 2.05) is 0 Å². The largest absolute Gasteiger partial charge is 0.377 e. The lowest BCUT2D eigenvalue weighted by Crippen LogP contribution is -2.61. The molecule has 0 aliphatic carbocycles. The second-order valence-corrected chi connectivity index (χ2v) is 6.20. The van der Waals surface area contributed by atoms with E-state index >= 15 is 0 Å². The Bertz CT molecular complexity index is 263. The van der Waals surface area contributed by atoms with Gasteiger partial charge in [0.05, 0.1) is 13.2 Å². The number of ether oxygens (including phenoxy) is 2. The Morgan fingerprint density at radius 2 is 1.94 bits per heavy atom. The molecule has 3 heteroatoms. The summed E-state index contributed by atoms with van der Waals surface area (Å²) in [5.74, 6) is 1.23. The van der Waals surface area contributed by atoms with Crippen molar-refractivity contribution in [2.45, 2.75) is 58.8 Å². The molecule has 2 rings (SSSR count). The molecule has 17 heavy (non-hydrogen) atoms. The molecular weight excluding hydrogens is 214 g/mol. The highest BCUT2D eigenvalue weighted by Gasteiger charge is 2.54. The fraction of sp³-hybridized carbons (Fsp3) is 1.00. The van der Waals surface area contributed by atoms with Crippen molar-refractivity contribution in [1.29, 1.82) is 0 Å². The maximum absolute atomic E-state index is 6.24. The van der Waals surface area contributed by atoms with Crippen LogP contribution in [0.25, 0.3) is 0 Å². The van der Waals surface area contributed by atoms with Crippen molar-refractivity contribution in [3.05, 3.63) is 0 Å². The van der Waals surface area contributed by atoms with Crippen LogP contribution < -0.4 is 0 Å². The van der Waals surface area contributed by atoms with Gasteiger partial charge in [-0.2, -0.15) is 0 Å². The number of hydrogen-bond donors (Lipinski definition) is 0. The topological polar surface area (TPSA) is 21.7 Å². The lowest BCUT2D eigenvalue weighted by Gasteiger charge is -2.49. The summed E-state index contributed by atoms with van der Waals surface area (Å²) in [4.78, 5) is 2.54. The normalized spacial score (nSPS) is 39.7. The average molecular weight is 241 g/mol. The SMILES string of the molecule is CC(C)[C@H]1CCOC[C@]12OC[C@@H](C)N2C(C)C. The molecule has 1 spiro atoms. The highest BCUT2D eigenvalue weighted by molar-refractivity contribution is 4.99. The lowest BCUT2D eigenvalue weighted by molar-refractivity contribution is -0.214. The first kappa shape index (κ1) is 13.3. The summed E-state index contributed by atoms with van der Waals surface area (Å²) in [7, 11) is 0. The van der Waals surface area contributed by atoms with Gasteiger partial charge in [0.1, 0.15) is 5.72 Å². The van der Waals surface area contributed by atoms with Crippen molar-refractivity contribution in [3.8, 4) is 0 Å². The van der Waals surface area contributed by atoms with E-state index in [9.17, 15) is 0 Å². The van der Waals surface area contributed by atoms with Crippen molar-refractivity contribution in [2.75, 3.05) is 19.8 Å². The van der Waals surface area contributed by atoms with E-state index in [1.54, 1.807) is 0 Å². The standard InChI is InChI=1S/C14H27NO2/c1-10(2)13-6-7-16-9-14(13)15(11(3)4)12(5)8-17-14/h10-13H,6-9H2,1-5H3/t12-,13-,14+/m1/s1. The Balaban J connectivity index is 2.30. The Kier molecular flexibility index (Phi) is 3.81. The predicted molar refractivity (Wildman–Crippen MR) is 68.9 cm³/mol. The first-order valence-electron chi connectivity index (χ1n) is 6.99. The van der Waals surface area contributed by atoms with Gasteiger partial charge in [-0.15, -0.1) is 0 Å². The van der Waals surface area contributed by atoms with Gasteiger partial charge >= 0.3 is 0 Å². The fourth-order valence-corrected chi connectivity index (χ4v) is 3.77. The van der Waals surface area contributed by atoms with Gasteiger partial charge in [-0.3, -0.25) is 4.90 Å². The molecule has 2 saturated heterocycles. The number of hydrogen-bond acceptors (Lipinski definition) is 3. The third-order valence-electron chi connectivity index (χ3n) is 4.31. The van der Waals surface area contributed by atoms with Crippen molar-refractivity contribution in [1.82, 2.24) is 4.90 Å². The third-order valence-corrected chi connectivity index (χ3v) is 4.31. The maximum atomic E-state index is 6.24. The summed E-state index contributed by atoms with van der Waals surface area (Å²) in [6, 6.07) is 1.01. The van der Waals surface area contributed by atoms with Crippen LogP contribution in [0.3, 0.4) is 0 Å². The summed E-state index contributed by atoms with van der Waals surface area (Å²) in [5, 5.41) is 0. The van der Waals surface area contributed by atoms with Gasteiger partial charge in [-0.25, -0.2) is 0 Å². The molecule has 2 heterocycles. The lowest BCUT2D eigenvalue weighted by atomic mass is 9.80. The van der Waals surface area contributed by atoms with Crippen LogP contribution in [0.2, 0.25) is 0 Å². The second kappa shape index (κ2) is 4.87. The number of nitrogens with zero attached hydrogens (tertiary/aromatic N) is 1. The number of rotatable bonds is 2. The maximum Gasteiger partial charge on any atom is 0.148 e. The van der Waals surface area contributed by atoms with Crippen LogP contribution in [0.1, 0.15) is 41.0 Å². The highest BCUT2D eigenvalue weighted by Crippen LogP contribution is 2.43. The van der Waals surface area contributed by atoms with E-state index in [-0.39, 0.29) is 5.72 Å². The first-order valence-corrected chi connectivity index (χ1v) is 6.99. The van der Waals surface area contributed by atoms with Crippen molar-refractivity contribution < 1.29 is 9.47 Å². The highest BCUT2D eigenvalue weighted by atomic mass is 16.6. The van der Waals surface area contributed by atoms with Crippen molar-refractivity contribution >= 4 is 0 Å². The molecule has 2 aliphatic heterocycles. The molecule has 0 aromatic carbocycles. The minimum atomic E-state index is -0.167. The van der Waals surface area contributed by atoms with Crippen molar-refractivity contribution in [3.63, 3.8) is 0 Å². The van der Waals surface area contributed by atoms with Crippen molar-refractivity contribution in [2.24, 2.45) is 11.8 Å². The summed E-state index contributed by atoms with van der Waals surface area (Å²) < 4.78 is 12.0. The van der Waals surface area contributed by atoms with E-state index in [1.165, 1.54) is 0 Å². The van der Waals surface area contributed by atoms with Crippen LogP contribution in [-0.2, 0) is 9.47 Å². The molecular formula is C14H27NO2. The molecule has 0 aromatic rings. The van der Waals surface area contributed by atoms with Gasteiger partial charge in [0.2, 0.25) is 0 Å². The molecule has 0 unspecified atom stereocenters. The predicted octanol–water partition coefficient (Wildman–Crippen LogP) is 2.50. The molecule has 0 bridgehead atoms. The van der Waals surface area contributed by atoms with Crippen LogP contribution in [-0.4, -0.2) is 42.5 Å².